The van der Waals surface area contributed by atoms with Gasteiger partial charge in [-0.1, -0.05) is 6.07 Å². The lowest BCUT2D eigenvalue weighted by Crippen LogP contribution is -2.36. The van der Waals surface area contributed by atoms with Crippen molar-refractivity contribution in [3.8, 4) is 0 Å². The molecule has 1 aromatic carbocycles. The summed E-state index contributed by atoms with van der Waals surface area (Å²) in [7, 11) is 2.08. The van der Waals surface area contributed by atoms with Crippen molar-refractivity contribution >= 4 is 11.0 Å². The normalized spacial score (nSPS) is 13.3. The molecule has 0 radical (unpaired) electrons. The highest BCUT2D eigenvalue weighted by molar-refractivity contribution is 5.74. The fraction of sp³-hybridized carbons (Fsp3) is 0.462. The third-order valence-corrected chi connectivity index (χ3v) is 3.43. The summed E-state index contributed by atoms with van der Waals surface area (Å²) in [5, 5.41) is 0. The Bertz CT molecular complexity index is 572. The minimum atomic E-state index is -0.156. The van der Waals surface area contributed by atoms with Gasteiger partial charge in [0.2, 0.25) is 0 Å². The first kappa shape index (κ1) is 12.9. The molecule has 0 spiro atoms. The molecule has 0 aliphatic rings. The molecule has 1 aromatic heterocycles. The minimum absolute atomic E-state index is 0.156. The molecular formula is C13H20N4O. The van der Waals surface area contributed by atoms with Gasteiger partial charge in [0.05, 0.1) is 11.0 Å². The number of nitrogens with two attached hydrogens (primary N) is 1. The zero-order valence-electron chi connectivity index (χ0n) is 10.9. The number of fused-ring (bicyclic) bond motifs is 1. The smallest absolute Gasteiger partial charge is 0.323 e. The van der Waals surface area contributed by atoms with Crippen LogP contribution in [0.2, 0.25) is 0 Å². The second kappa shape index (κ2) is 5.37. The third kappa shape index (κ3) is 2.80. The second-order valence-electron chi connectivity index (χ2n) is 4.77. The van der Waals surface area contributed by atoms with Gasteiger partial charge in [-0.3, -0.25) is 0 Å². The zero-order valence-corrected chi connectivity index (χ0v) is 10.9. The van der Waals surface area contributed by atoms with Crippen LogP contribution in [0.5, 0.6) is 0 Å². The van der Waals surface area contributed by atoms with Crippen molar-refractivity contribution in [2.45, 2.75) is 19.4 Å². The Balaban J connectivity index is 2.05. The van der Waals surface area contributed by atoms with Gasteiger partial charge in [-0.05, 0) is 38.1 Å². The Labute approximate surface area is 106 Å². The van der Waals surface area contributed by atoms with Gasteiger partial charge in [0.15, 0.2) is 0 Å². The Morgan fingerprint density at radius 1 is 1.33 bits per heavy atom. The maximum absolute atomic E-state index is 11.2. The van der Waals surface area contributed by atoms with E-state index in [4.69, 9.17) is 5.73 Å². The topological polar surface area (TPSA) is 77.9 Å². The van der Waals surface area contributed by atoms with Gasteiger partial charge in [-0.2, -0.15) is 0 Å². The Morgan fingerprint density at radius 2 is 2.06 bits per heavy atom. The average Bonchev–Trinajstić information content (AvgIpc) is 2.74. The monoisotopic (exact) mass is 248 g/mol. The Hall–Kier alpha value is -1.59. The van der Waals surface area contributed by atoms with Gasteiger partial charge in [-0.25, -0.2) is 4.79 Å². The van der Waals surface area contributed by atoms with E-state index in [-0.39, 0.29) is 5.69 Å². The quantitative estimate of drug-likeness (QED) is 0.728. The van der Waals surface area contributed by atoms with Crippen LogP contribution in [-0.4, -0.2) is 41.0 Å². The summed E-state index contributed by atoms with van der Waals surface area (Å²) < 4.78 is 0. The van der Waals surface area contributed by atoms with Crippen LogP contribution < -0.4 is 11.4 Å². The number of aromatic amines is 2. The Kier molecular flexibility index (Phi) is 3.84. The zero-order chi connectivity index (χ0) is 13.1. The number of aromatic nitrogens is 2. The fourth-order valence-electron chi connectivity index (χ4n) is 1.94. The summed E-state index contributed by atoms with van der Waals surface area (Å²) in [6.45, 7) is 3.74. The molecule has 2 aromatic rings. The fourth-order valence-corrected chi connectivity index (χ4v) is 1.94. The van der Waals surface area contributed by atoms with Crippen molar-refractivity contribution in [1.82, 2.24) is 14.9 Å². The molecule has 98 valence electrons. The average molecular weight is 248 g/mol. The summed E-state index contributed by atoms with van der Waals surface area (Å²) >= 11 is 0. The first-order chi connectivity index (χ1) is 8.60. The van der Waals surface area contributed by atoms with Crippen LogP contribution >= 0.6 is 0 Å². The Morgan fingerprint density at radius 3 is 2.78 bits per heavy atom. The lowest BCUT2D eigenvalue weighted by atomic mass is 10.1. The number of imidazole rings is 1. The van der Waals surface area contributed by atoms with Crippen molar-refractivity contribution in [1.29, 1.82) is 0 Å². The van der Waals surface area contributed by atoms with E-state index in [0.29, 0.717) is 12.6 Å². The molecule has 0 saturated carbocycles. The van der Waals surface area contributed by atoms with Crippen LogP contribution in [-0.2, 0) is 6.42 Å². The summed E-state index contributed by atoms with van der Waals surface area (Å²) in [5.41, 5.74) is 8.42. The maximum atomic E-state index is 11.2. The summed E-state index contributed by atoms with van der Waals surface area (Å²) in [4.78, 5) is 18.9. The number of nitrogens with one attached hydrogen (secondary N) is 2. The van der Waals surface area contributed by atoms with Crippen molar-refractivity contribution in [3.63, 3.8) is 0 Å². The van der Waals surface area contributed by atoms with Crippen LogP contribution in [0.15, 0.2) is 23.0 Å². The van der Waals surface area contributed by atoms with Crippen LogP contribution in [0, 0.1) is 0 Å². The van der Waals surface area contributed by atoms with Crippen molar-refractivity contribution < 1.29 is 0 Å². The minimum Gasteiger partial charge on any atom is -0.329 e. The summed E-state index contributed by atoms with van der Waals surface area (Å²) in [6, 6.07) is 6.40. The van der Waals surface area contributed by atoms with Gasteiger partial charge in [0, 0.05) is 19.1 Å². The number of hydrogen-bond donors (Lipinski definition) is 3. The van der Waals surface area contributed by atoms with Gasteiger partial charge in [0.25, 0.3) is 0 Å². The predicted octanol–water partition coefficient (Wildman–Crippen LogP) is 0.678. The molecule has 5 nitrogen and oxygen atoms in total. The molecule has 0 aliphatic carbocycles. The molecule has 0 fully saturated rings. The van der Waals surface area contributed by atoms with Crippen LogP contribution in [0.1, 0.15) is 12.5 Å². The molecule has 5 heteroatoms. The van der Waals surface area contributed by atoms with E-state index in [2.05, 4.69) is 28.8 Å². The lowest BCUT2D eigenvalue weighted by molar-refractivity contribution is 0.266. The largest absolute Gasteiger partial charge is 0.329 e. The lowest BCUT2D eigenvalue weighted by Gasteiger charge is -2.23. The van der Waals surface area contributed by atoms with E-state index in [1.165, 1.54) is 5.56 Å². The number of benzene rings is 1. The van der Waals surface area contributed by atoms with Crippen LogP contribution in [0.3, 0.4) is 0 Å². The number of rotatable bonds is 5. The maximum Gasteiger partial charge on any atom is 0.323 e. The van der Waals surface area contributed by atoms with Gasteiger partial charge in [0.1, 0.15) is 0 Å². The first-order valence-corrected chi connectivity index (χ1v) is 6.21. The highest BCUT2D eigenvalue weighted by Gasteiger charge is 2.07. The third-order valence-electron chi connectivity index (χ3n) is 3.43. The van der Waals surface area contributed by atoms with Gasteiger partial charge >= 0.3 is 5.69 Å². The van der Waals surface area contributed by atoms with E-state index in [9.17, 15) is 4.79 Å². The van der Waals surface area contributed by atoms with Gasteiger partial charge in [-0.15, -0.1) is 0 Å². The molecule has 0 bridgehead atoms. The molecule has 0 saturated heterocycles. The number of nitrogens with zero attached hydrogens (tertiary/aromatic N) is 1. The highest BCUT2D eigenvalue weighted by Crippen LogP contribution is 2.11. The molecule has 2 rings (SSSR count). The molecule has 1 heterocycles. The SMILES string of the molecule is CC(CN)N(C)CCc1ccc2[nH]c(=O)[nH]c2c1. The molecule has 18 heavy (non-hydrogen) atoms. The number of likely N-dealkylation sites (N-methyl/N-ethyl adjacent to an activating group) is 1. The standard InChI is InChI=1S/C13H20N4O/c1-9(8-14)17(2)6-5-10-3-4-11-12(7-10)16-13(18)15-11/h3-4,7,9H,5-6,8,14H2,1-2H3,(H2,15,16,18). The second-order valence-corrected chi connectivity index (χ2v) is 4.77. The highest BCUT2D eigenvalue weighted by atomic mass is 16.1. The summed E-state index contributed by atoms with van der Waals surface area (Å²) in [5.74, 6) is 0. The molecule has 0 amide bonds. The van der Waals surface area contributed by atoms with Gasteiger partial charge < -0.3 is 20.6 Å². The molecule has 1 atom stereocenters. The first-order valence-electron chi connectivity index (χ1n) is 6.21. The molecule has 1 unspecified atom stereocenters. The van der Waals surface area contributed by atoms with Crippen molar-refractivity contribution in [2.75, 3.05) is 20.1 Å². The van der Waals surface area contributed by atoms with Crippen LogP contribution in [0.25, 0.3) is 11.0 Å². The summed E-state index contributed by atoms with van der Waals surface area (Å²) in [6.07, 6.45) is 0.948. The van der Waals surface area contributed by atoms with E-state index >= 15 is 0 Å². The molecular weight excluding hydrogens is 228 g/mol. The predicted molar refractivity (Wildman–Crippen MR) is 73.8 cm³/mol. The van der Waals surface area contributed by atoms with Crippen molar-refractivity contribution in [3.05, 3.63) is 34.2 Å². The molecule has 4 N–H and O–H groups in total. The van der Waals surface area contributed by atoms with E-state index in [1.54, 1.807) is 0 Å². The van der Waals surface area contributed by atoms with Crippen molar-refractivity contribution in [2.24, 2.45) is 5.73 Å². The van der Waals surface area contributed by atoms with E-state index < -0.39 is 0 Å². The van der Waals surface area contributed by atoms with E-state index in [1.807, 2.05) is 18.2 Å². The van der Waals surface area contributed by atoms with Crippen LogP contribution in [0.4, 0.5) is 0 Å². The van der Waals surface area contributed by atoms with E-state index in [0.717, 1.165) is 24.0 Å². The number of hydrogen-bond acceptors (Lipinski definition) is 3. The number of H-pyrrole nitrogens is 2. The molecule has 0 aliphatic heterocycles.